The molecule has 0 amide bonds. The summed E-state index contributed by atoms with van der Waals surface area (Å²) in [7, 11) is 0. The molecular formula is C15H17N. The lowest BCUT2D eigenvalue weighted by Crippen LogP contribution is -2.02. The maximum absolute atomic E-state index is 3.56. The van der Waals surface area contributed by atoms with E-state index in [9.17, 15) is 0 Å². The van der Waals surface area contributed by atoms with Gasteiger partial charge in [-0.25, -0.2) is 0 Å². The summed E-state index contributed by atoms with van der Waals surface area (Å²) >= 11 is 0. The van der Waals surface area contributed by atoms with Gasteiger partial charge in [0.15, 0.2) is 0 Å². The highest BCUT2D eigenvalue weighted by Gasteiger charge is 1.84. The molecule has 0 spiro atoms. The molecule has 0 aliphatic carbocycles. The molecule has 0 unspecified atom stereocenters. The number of nitrogens with one attached hydrogen (secondary N) is 1. The van der Waals surface area contributed by atoms with E-state index in [1.807, 2.05) is 54.6 Å². The molecule has 0 bridgehead atoms. The maximum Gasteiger partial charge on any atom is 0.0395 e. The Kier molecular flexibility index (Phi) is 6.25. The van der Waals surface area contributed by atoms with E-state index in [2.05, 4.69) is 24.0 Å². The number of hydrogen-bond donors (Lipinski definition) is 1. The fourth-order valence-electron chi connectivity index (χ4n) is 1.17. The second kappa shape index (κ2) is 8.30. The minimum Gasteiger partial charge on any atom is -0.387 e. The third-order valence-electron chi connectivity index (χ3n) is 1.96. The van der Waals surface area contributed by atoms with Crippen LogP contribution in [-0.2, 0) is 6.54 Å². The van der Waals surface area contributed by atoms with E-state index in [1.54, 1.807) is 6.20 Å². The van der Waals surface area contributed by atoms with Gasteiger partial charge in [-0.2, -0.15) is 0 Å². The Balaban J connectivity index is 0.000000181. The van der Waals surface area contributed by atoms with Crippen LogP contribution in [0.3, 0.4) is 0 Å². The number of hydrogen-bond acceptors (Lipinski definition) is 1. The summed E-state index contributed by atoms with van der Waals surface area (Å²) in [5.74, 6) is 0. The third kappa shape index (κ3) is 5.66. The second-order valence-corrected chi connectivity index (χ2v) is 3.23. The molecule has 0 aromatic heterocycles. The highest BCUT2D eigenvalue weighted by Crippen LogP contribution is 1.96. The highest BCUT2D eigenvalue weighted by molar-refractivity contribution is 5.14. The van der Waals surface area contributed by atoms with Crippen molar-refractivity contribution in [3.8, 4) is 0 Å². The standard InChI is InChI=1S/C9H11N.C6H6/c1-2-10-8-9-6-4-3-5-7-9;1-2-4-6-5-3-1/h2-7,10H,1,8H2;1-6H. The number of benzene rings is 2. The molecule has 0 aliphatic rings. The molecule has 16 heavy (non-hydrogen) atoms. The van der Waals surface area contributed by atoms with Gasteiger partial charge in [0.05, 0.1) is 0 Å². The van der Waals surface area contributed by atoms with Crippen LogP contribution in [0.4, 0.5) is 0 Å². The normalized spacial score (nSPS) is 8.50. The van der Waals surface area contributed by atoms with E-state index in [-0.39, 0.29) is 0 Å². The maximum atomic E-state index is 3.56. The summed E-state index contributed by atoms with van der Waals surface area (Å²) in [6.07, 6.45) is 1.70. The fourth-order valence-corrected chi connectivity index (χ4v) is 1.17. The van der Waals surface area contributed by atoms with Crippen molar-refractivity contribution in [3.63, 3.8) is 0 Å². The van der Waals surface area contributed by atoms with Gasteiger partial charge in [0.25, 0.3) is 0 Å². The minimum absolute atomic E-state index is 0.865. The number of rotatable bonds is 3. The van der Waals surface area contributed by atoms with Crippen molar-refractivity contribution in [3.05, 3.63) is 85.1 Å². The van der Waals surface area contributed by atoms with Gasteiger partial charge in [0.1, 0.15) is 0 Å². The predicted octanol–water partition coefficient (Wildman–Crippen LogP) is 3.61. The Labute approximate surface area is 97.4 Å². The third-order valence-corrected chi connectivity index (χ3v) is 1.96. The van der Waals surface area contributed by atoms with E-state index in [1.165, 1.54) is 5.56 Å². The van der Waals surface area contributed by atoms with Crippen LogP contribution < -0.4 is 5.32 Å². The average Bonchev–Trinajstić information content (AvgIpc) is 2.40. The van der Waals surface area contributed by atoms with Gasteiger partial charge in [-0.05, 0) is 11.8 Å². The molecule has 0 atom stereocenters. The van der Waals surface area contributed by atoms with Crippen molar-refractivity contribution in [1.82, 2.24) is 5.32 Å². The van der Waals surface area contributed by atoms with Crippen molar-refractivity contribution in [2.75, 3.05) is 0 Å². The molecule has 2 rings (SSSR count). The molecule has 1 heteroatoms. The molecule has 2 aromatic carbocycles. The summed E-state index contributed by atoms with van der Waals surface area (Å²) in [4.78, 5) is 0. The van der Waals surface area contributed by atoms with Gasteiger partial charge in [0, 0.05) is 6.54 Å². The topological polar surface area (TPSA) is 12.0 Å². The zero-order valence-corrected chi connectivity index (χ0v) is 9.34. The smallest absolute Gasteiger partial charge is 0.0395 e. The van der Waals surface area contributed by atoms with Crippen LogP contribution in [0.2, 0.25) is 0 Å². The molecule has 1 N–H and O–H groups in total. The first-order valence-electron chi connectivity index (χ1n) is 5.31. The van der Waals surface area contributed by atoms with E-state index in [4.69, 9.17) is 0 Å². The molecule has 0 saturated heterocycles. The summed E-state index contributed by atoms with van der Waals surface area (Å²) in [5, 5.41) is 3.03. The lowest BCUT2D eigenvalue weighted by atomic mass is 10.2. The SMILES string of the molecule is C=CNCc1ccccc1.c1ccccc1. The van der Waals surface area contributed by atoms with Gasteiger partial charge in [-0.15, -0.1) is 0 Å². The Hall–Kier alpha value is -2.02. The average molecular weight is 211 g/mol. The lowest BCUT2D eigenvalue weighted by Gasteiger charge is -1.98. The van der Waals surface area contributed by atoms with Gasteiger partial charge in [-0.1, -0.05) is 73.3 Å². The minimum atomic E-state index is 0.865. The van der Waals surface area contributed by atoms with Crippen LogP contribution >= 0.6 is 0 Å². The second-order valence-electron chi connectivity index (χ2n) is 3.23. The molecule has 1 nitrogen and oxygen atoms in total. The first-order valence-corrected chi connectivity index (χ1v) is 5.31. The molecule has 0 saturated carbocycles. The van der Waals surface area contributed by atoms with Gasteiger partial charge < -0.3 is 5.32 Å². The summed E-state index contributed by atoms with van der Waals surface area (Å²) < 4.78 is 0. The van der Waals surface area contributed by atoms with E-state index in [0.29, 0.717) is 0 Å². The molecule has 82 valence electrons. The van der Waals surface area contributed by atoms with Crippen LogP contribution in [0.15, 0.2) is 79.5 Å². The highest BCUT2D eigenvalue weighted by atomic mass is 14.8. The van der Waals surface area contributed by atoms with Crippen LogP contribution in [0.1, 0.15) is 5.56 Å². The van der Waals surface area contributed by atoms with Crippen molar-refractivity contribution < 1.29 is 0 Å². The lowest BCUT2D eigenvalue weighted by molar-refractivity contribution is 0.872. The molecule has 0 aliphatic heterocycles. The van der Waals surface area contributed by atoms with Crippen LogP contribution in [0.5, 0.6) is 0 Å². The van der Waals surface area contributed by atoms with Crippen LogP contribution in [-0.4, -0.2) is 0 Å². The first-order chi connectivity index (χ1) is 7.93. The molecule has 0 heterocycles. The molecule has 0 radical (unpaired) electrons. The van der Waals surface area contributed by atoms with E-state index < -0.39 is 0 Å². The van der Waals surface area contributed by atoms with E-state index in [0.717, 1.165) is 6.54 Å². The van der Waals surface area contributed by atoms with Crippen molar-refractivity contribution >= 4 is 0 Å². The quantitative estimate of drug-likeness (QED) is 0.817. The zero-order chi connectivity index (χ0) is 11.5. The van der Waals surface area contributed by atoms with Crippen LogP contribution in [0.25, 0.3) is 0 Å². The Morgan fingerprint density at radius 2 is 1.25 bits per heavy atom. The monoisotopic (exact) mass is 211 g/mol. The van der Waals surface area contributed by atoms with E-state index >= 15 is 0 Å². The Morgan fingerprint density at radius 1 is 0.812 bits per heavy atom. The summed E-state index contributed by atoms with van der Waals surface area (Å²) in [5.41, 5.74) is 1.28. The largest absolute Gasteiger partial charge is 0.387 e. The van der Waals surface area contributed by atoms with Gasteiger partial charge >= 0.3 is 0 Å². The summed E-state index contributed by atoms with van der Waals surface area (Å²) in [6.45, 7) is 4.43. The molecule has 2 aromatic rings. The Bertz CT molecular complexity index is 340. The van der Waals surface area contributed by atoms with Crippen molar-refractivity contribution in [2.24, 2.45) is 0 Å². The van der Waals surface area contributed by atoms with Gasteiger partial charge in [-0.3, -0.25) is 0 Å². The Morgan fingerprint density at radius 3 is 1.69 bits per heavy atom. The zero-order valence-electron chi connectivity index (χ0n) is 9.34. The van der Waals surface area contributed by atoms with Gasteiger partial charge in [0.2, 0.25) is 0 Å². The summed E-state index contributed by atoms with van der Waals surface area (Å²) in [6, 6.07) is 22.2. The molecule has 0 fully saturated rings. The van der Waals surface area contributed by atoms with Crippen molar-refractivity contribution in [1.29, 1.82) is 0 Å². The van der Waals surface area contributed by atoms with Crippen LogP contribution in [0, 0.1) is 0 Å². The molecular weight excluding hydrogens is 194 g/mol. The first kappa shape index (κ1) is 12.1. The predicted molar refractivity (Wildman–Crippen MR) is 69.9 cm³/mol. The fraction of sp³-hybridized carbons (Fsp3) is 0.0667. The van der Waals surface area contributed by atoms with Crippen molar-refractivity contribution in [2.45, 2.75) is 6.54 Å².